The molecule has 2 aromatic carbocycles. The second-order valence-corrected chi connectivity index (χ2v) is 8.62. The first-order valence-electron chi connectivity index (χ1n) is 9.50. The van der Waals surface area contributed by atoms with E-state index >= 15 is 0 Å². The molecule has 9 heteroatoms. The number of ether oxygens (including phenoxy) is 1. The van der Waals surface area contributed by atoms with Gasteiger partial charge in [0.1, 0.15) is 22.1 Å². The van der Waals surface area contributed by atoms with Crippen molar-refractivity contribution in [2.24, 2.45) is 0 Å². The fourth-order valence-electron chi connectivity index (χ4n) is 3.31. The lowest BCUT2D eigenvalue weighted by molar-refractivity contribution is -0.111. The van der Waals surface area contributed by atoms with E-state index in [1.54, 1.807) is 18.2 Å². The third kappa shape index (κ3) is 4.80. The van der Waals surface area contributed by atoms with Crippen molar-refractivity contribution < 1.29 is 22.3 Å². The quantitative estimate of drug-likeness (QED) is 0.656. The number of anilines is 2. The van der Waals surface area contributed by atoms with Gasteiger partial charge in [0.15, 0.2) is 0 Å². The molecule has 1 aliphatic heterocycles. The van der Waals surface area contributed by atoms with Crippen LogP contribution in [0.1, 0.15) is 18.4 Å². The van der Waals surface area contributed by atoms with Crippen LogP contribution in [0.2, 0.25) is 0 Å². The number of nitrogens with one attached hydrogen (secondary N) is 2. The maximum atomic E-state index is 14.4. The first-order chi connectivity index (χ1) is 14.4. The van der Waals surface area contributed by atoms with Crippen LogP contribution in [0.3, 0.4) is 0 Å². The van der Waals surface area contributed by atoms with E-state index in [0.717, 1.165) is 25.9 Å². The predicted molar refractivity (Wildman–Crippen MR) is 115 cm³/mol. The van der Waals surface area contributed by atoms with Crippen molar-refractivity contribution in [3.05, 3.63) is 53.9 Å². The molecule has 0 spiro atoms. The zero-order valence-electron chi connectivity index (χ0n) is 16.8. The summed E-state index contributed by atoms with van der Waals surface area (Å²) in [6, 6.07) is 9.23. The summed E-state index contributed by atoms with van der Waals surface area (Å²) in [5.74, 6) is -0.838. The molecule has 0 radical (unpaired) electrons. The van der Waals surface area contributed by atoms with E-state index in [0.29, 0.717) is 11.3 Å². The summed E-state index contributed by atoms with van der Waals surface area (Å²) >= 11 is 0. The van der Waals surface area contributed by atoms with Crippen LogP contribution in [0, 0.1) is 5.82 Å². The van der Waals surface area contributed by atoms with Crippen molar-refractivity contribution in [3.8, 4) is 5.75 Å². The molecule has 0 unspecified atom stereocenters. The summed E-state index contributed by atoms with van der Waals surface area (Å²) in [7, 11) is -1.06. The fraction of sp³-hybridized carbons (Fsp3) is 0.286. The van der Waals surface area contributed by atoms with E-state index in [1.165, 1.54) is 44.5 Å². The van der Waals surface area contributed by atoms with E-state index in [4.69, 9.17) is 4.74 Å². The molecule has 3 rings (SSSR count). The van der Waals surface area contributed by atoms with Crippen LogP contribution in [-0.2, 0) is 14.8 Å². The van der Waals surface area contributed by atoms with Crippen LogP contribution >= 0.6 is 0 Å². The van der Waals surface area contributed by atoms with Crippen molar-refractivity contribution in [1.82, 2.24) is 4.72 Å². The average molecular weight is 434 g/mol. The Kier molecular flexibility index (Phi) is 6.73. The SMILES string of the molecule is CNS(=O)(=O)c1cc(/C=C/C(=O)Nc2c(F)cccc2N2CCCC2)ccc1OC. The highest BCUT2D eigenvalue weighted by Crippen LogP contribution is 2.31. The maximum absolute atomic E-state index is 14.4. The van der Waals surface area contributed by atoms with Gasteiger partial charge in [-0.25, -0.2) is 17.5 Å². The predicted octanol–water partition coefficient (Wildman–Crippen LogP) is 2.99. The summed E-state index contributed by atoms with van der Waals surface area (Å²) in [5, 5.41) is 2.61. The van der Waals surface area contributed by atoms with Crippen LogP contribution in [0.5, 0.6) is 5.75 Å². The second kappa shape index (κ2) is 9.27. The highest BCUT2D eigenvalue weighted by molar-refractivity contribution is 7.89. The maximum Gasteiger partial charge on any atom is 0.248 e. The Morgan fingerprint density at radius 2 is 1.93 bits per heavy atom. The number of carbonyl (C=O) groups excluding carboxylic acids is 1. The number of benzene rings is 2. The molecular formula is C21H24FN3O4S. The average Bonchev–Trinajstić information content (AvgIpc) is 3.28. The van der Waals surface area contributed by atoms with Crippen molar-refractivity contribution in [1.29, 1.82) is 0 Å². The molecule has 1 aliphatic rings. The Bertz CT molecular complexity index is 1060. The molecule has 0 bridgehead atoms. The van der Waals surface area contributed by atoms with Gasteiger partial charge in [0.25, 0.3) is 0 Å². The van der Waals surface area contributed by atoms with Crippen LogP contribution in [0.4, 0.5) is 15.8 Å². The van der Waals surface area contributed by atoms with Crippen LogP contribution in [-0.4, -0.2) is 41.6 Å². The lowest BCUT2D eigenvalue weighted by Gasteiger charge is -2.21. The molecule has 2 aromatic rings. The standard InChI is InChI=1S/C21H24FN3O4S/c1-23-30(27,28)19-14-15(8-10-18(19)29-2)9-11-20(26)24-21-16(22)6-5-7-17(21)25-12-3-4-13-25/h5-11,14,23H,3-4,12-13H2,1-2H3,(H,24,26)/b11-9+. The number of sulfonamides is 1. The number of nitrogens with zero attached hydrogens (tertiary/aromatic N) is 1. The first-order valence-corrected chi connectivity index (χ1v) is 11.0. The highest BCUT2D eigenvalue weighted by Gasteiger charge is 2.20. The van der Waals surface area contributed by atoms with Crippen LogP contribution < -0.4 is 19.7 Å². The van der Waals surface area contributed by atoms with Gasteiger partial charge in [-0.05, 0) is 55.8 Å². The van der Waals surface area contributed by atoms with Gasteiger partial charge in [0.05, 0.1) is 12.8 Å². The van der Waals surface area contributed by atoms with Crippen LogP contribution in [0.15, 0.2) is 47.4 Å². The van der Waals surface area contributed by atoms with Gasteiger partial charge in [0, 0.05) is 19.2 Å². The second-order valence-electron chi connectivity index (χ2n) is 6.77. The minimum atomic E-state index is -3.74. The van der Waals surface area contributed by atoms with Crippen molar-refractivity contribution in [3.63, 3.8) is 0 Å². The van der Waals surface area contributed by atoms with Gasteiger partial charge in [-0.3, -0.25) is 4.79 Å². The molecule has 1 fully saturated rings. The smallest absolute Gasteiger partial charge is 0.248 e. The van der Waals surface area contributed by atoms with E-state index < -0.39 is 21.7 Å². The summed E-state index contributed by atoms with van der Waals surface area (Å²) in [4.78, 5) is 14.4. The molecule has 160 valence electrons. The van der Waals surface area contributed by atoms with E-state index in [-0.39, 0.29) is 16.3 Å². The van der Waals surface area contributed by atoms with E-state index in [1.807, 2.05) is 4.90 Å². The lowest BCUT2D eigenvalue weighted by atomic mass is 10.2. The summed E-state index contributed by atoms with van der Waals surface area (Å²) in [5.41, 5.74) is 1.27. The van der Waals surface area contributed by atoms with E-state index in [2.05, 4.69) is 10.0 Å². The Labute approximate surface area is 175 Å². The normalized spacial score (nSPS) is 14.3. The van der Waals surface area contributed by atoms with Gasteiger partial charge >= 0.3 is 0 Å². The molecule has 1 saturated heterocycles. The number of hydrogen-bond acceptors (Lipinski definition) is 5. The number of rotatable bonds is 7. The molecule has 2 N–H and O–H groups in total. The molecule has 0 aromatic heterocycles. The number of methoxy groups -OCH3 is 1. The summed E-state index contributed by atoms with van der Waals surface area (Å²) < 4.78 is 46.1. The van der Waals surface area contributed by atoms with Crippen LogP contribution in [0.25, 0.3) is 6.08 Å². The summed E-state index contributed by atoms with van der Waals surface area (Å²) in [6.07, 6.45) is 4.75. The number of para-hydroxylation sites is 1. The number of hydrogen-bond donors (Lipinski definition) is 2. The van der Waals surface area contributed by atoms with Gasteiger partial charge in [-0.1, -0.05) is 12.1 Å². The first kappa shape index (κ1) is 21.8. The van der Waals surface area contributed by atoms with E-state index in [9.17, 15) is 17.6 Å². The molecular weight excluding hydrogens is 409 g/mol. The number of halogens is 1. The Morgan fingerprint density at radius 1 is 1.20 bits per heavy atom. The molecule has 0 atom stereocenters. The minimum Gasteiger partial charge on any atom is -0.495 e. The third-order valence-corrected chi connectivity index (χ3v) is 6.30. The lowest BCUT2D eigenvalue weighted by Crippen LogP contribution is -2.21. The number of amides is 1. The molecule has 7 nitrogen and oxygen atoms in total. The minimum absolute atomic E-state index is 0.0412. The fourth-order valence-corrected chi connectivity index (χ4v) is 4.24. The topological polar surface area (TPSA) is 87.7 Å². The summed E-state index contributed by atoms with van der Waals surface area (Å²) in [6.45, 7) is 1.63. The van der Waals surface area contributed by atoms with Crippen molar-refractivity contribution in [2.45, 2.75) is 17.7 Å². The Morgan fingerprint density at radius 3 is 2.60 bits per heavy atom. The Balaban J connectivity index is 1.82. The van der Waals surface area contributed by atoms with Gasteiger partial charge < -0.3 is 15.0 Å². The highest BCUT2D eigenvalue weighted by atomic mass is 32.2. The molecule has 30 heavy (non-hydrogen) atoms. The molecule has 0 aliphatic carbocycles. The van der Waals surface area contributed by atoms with Crippen molar-refractivity contribution >= 4 is 33.4 Å². The van der Waals surface area contributed by atoms with Gasteiger partial charge in [0.2, 0.25) is 15.9 Å². The van der Waals surface area contributed by atoms with Gasteiger partial charge in [-0.2, -0.15) is 0 Å². The zero-order valence-corrected chi connectivity index (χ0v) is 17.6. The van der Waals surface area contributed by atoms with Crippen molar-refractivity contribution in [2.75, 3.05) is 37.5 Å². The number of carbonyl (C=O) groups is 1. The molecule has 0 saturated carbocycles. The molecule has 1 amide bonds. The largest absolute Gasteiger partial charge is 0.495 e. The van der Waals surface area contributed by atoms with Gasteiger partial charge in [-0.15, -0.1) is 0 Å². The third-order valence-electron chi connectivity index (χ3n) is 4.86. The zero-order chi connectivity index (χ0) is 21.7. The molecule has 1 heterocycles. The Hall–Kier alpha value is -2.91. The monoisotopic (exact) mass is 433 g/mol.